The molecule has 0 aromatic heterocycles. The summed E-state index contributed by atoms with van der Waals surface area (Å²) >= 11 is 0. The Balaban J connectivity index is 1.98. The standard InChI is InChI=1S/C16H25N/c1-2-16(17,13-15-10-6-7-11-15)12-14-8-4-3-5-9-14/h3-5,8-9,15H,2,6-7,10-13,17H2,1H3. The van der Waals surface area contributed by atoms with Crippen molar-refractivity contribution >= 4 is 0 Å². The Morgan fingerprint density at radius 1 is 1.18 bits per heavy atom. The van der Waals surface area contributed by atoms with E-state index in [4.69, 9.17) is 5.73 Å². The van der Waals surface area contributed by atoms with E-state index in [0.717, 1.165) is 18.8 Å². The van der Waals surface area contributed by atoms with Gasteiger partial charge in [0, 0.05) is 5.54 Å². The largest absolute Gasteiger partial charge is 0.325 e. The molecule has 0 aliphatic heterocycles. The van der Waals surface area contributed by atoms with Crippen LogP contribution in [0.15, 0.2) is 30.3 Å². The lowest BCUT2D eigenvalue weighted by Gasteiger charge is -2.31. The van der Waals surface area contributed by atoms with Gasteiger partial charge in [-0.3, -0.25) is 0 Å². The fourth-order valence-electron chi connectivity index (χ4n) is 3.13. The summed E-state index contributed by atoms with van der Waals surface area (Å²) in [5.41, 5.74) is 8.00. The summed E-state index contributed by atoms with van der Waals surface area (Å²) in [6.45, 7) is 2.23. The second-order valence-corrected chi connectivity index (χ2v) is 5.73. The van der Waals surface area contributed by atoms with Crippen LogP contribution >= 0.6 is 0 Å². The van der Waals surface area contributed by atoms with Crippen LogP contribution in [0.3, 0.4) is 0 Å². The molecule has 1 nitrogen and oxygen atoms in total. The minimum atomic E-state index is 0.0103. The number of hydrogen-bond acceptors (Lipinski definition) is 1. The monoisotopic (exact) mass is 231 g/mol. The van der Waals surface area contributed by atoms with E-state index >= 15 is 0 Å². The molecule has 0 amide bonds. The molecule has 0 bridgehead atoms. The lowest BCUT2D eigenvalue weighted by Crippen LogP contribution is -2.43. The molecule has 1 atom stereocenters. The van der Waals surface area contributed by atoms with Gasteiger partial charge < -0.3 is 5.73 Å². The van der Waals surface area contributed by atoms with Crippen LogP contribution in [0.2, 0.25) is 0 Å². The van der Waals surface area contributed by atoms with E-state index in [1.54, 1.807) is 0 Å². The first-order chi connectivity index (χ1) is 8.22. The van der Waals surface area contributed by atoms with Gasteiger partial charge in [0.25, 0.3) is 0 Å². The first-order valence-electron chi connectivity index (χ1n) is 7.05. The van der Waals surface area contributed by atoms with Crippen molar-refractivity contribution in [3.8, 4) is 0 Å². The fourth-order valence-corrected chi connectivity index (χ4v) is 3.13. The molecule has 1 saturated carbocycles. The Hall–Kier alpha value is -0.820. The van der Waals surface area contributed by atoms with Crippen molar-refractivity contribution in [2.24, 2.45) is 11.7 Å². The summed E-state index contributed by atoms with van der Waals surface area (Å²) in [5, 5.41) is 0. The molecule has 1 fully saturated rings. The molecule has 0 spiro atoms. The first-order valence-corrected chi connectivity index (χ1v) is 7.05. The summed E-state index contributed by atoms with van der Waals surface area (Å²) in [7, 11) is 0. The van der Waals surface area contributed by atoms with Crippen molar-refractivity contribution in [1.29, 1.82) is 0 Å². The van der Waals surface area contributed by atoms with Gasteiger partial charge in [-0.2, -0.15) is 0 Å². The van der Waals surface area contributed by atoms with Gasteiger partial charge in [0.15, 0.2) is 0 Å². The van der Waals surface area contributed by atoms with Gasteiger partial charge in [-0.15, -0.1) is 0 Å². The third kappa shape index (κ3) is 3.57. The van der Waals surface area contributed by atoms with E-state index in [9.17, 15) is 0 Å². The van der Waals surface area contributed by atoms with Crippen LogP contribution in [0.4, 0.5) is 0 Å². The maximum absolute atomic E-state index is 6.61. The molecule has 1 aliphatic rings. The summed E-state index contributed by atoms with van der Waals surface area (Å²) in [4.78, 5) is 0. The van der Waals surface area contributed by atoms with Crippen molar-refractivity contribution in [2.75, 3.05) is 0 Å². The predicted molar refractivity (Wildman–Crippen MR) is 73.9 cm³/mol. The second-order valence-electron chi connectivity index (χ2n) is 5.73. The molecule has 0 radical (unpaired) electrons. The zero-order chi connectivity index (χ0) is 12.1. The van der Waals surface area contributed by atoms with Crippen LogP contribution in [-0.4, -0.2) is 5.54 Å². The molecule has 0 saturated heterocycles. The Bertz CT molecular complexity index is 327. The van der Waals surface area contributed by atoms with Gasteiger partial charge in [0.05, 0.1) is 0 Å². The minimum Gasteiger partial charge on any atom is -0.325 e. The lowest BCUT2D eigenvalue weighted by atomic mass is 9.80. The zero-order valence-electron chi connectivity index (χ0n) is 11.0. The van der Waals surface area contributed by atoms with Crippen molar-refractivity contribution in [1.82, 2.24) is 0 Å². The molecule has 2 N–H and O–H groups in total. The smallest absolute Gasteiger partial charge is 0.0195 e. The molecule has 2 rings (SSSR count). The molecule has 17 heavy (non-hydrogen) atoms. The van der Waals surface area contributed by atoms with E-state index in [-0.39, 0.29) is 5.54 Å². The molecule has 1 unspecified atom stereocenters. The van der Waals surface area contributed by atoms with Crippen LogP contribution in [0, 0.1) is 5.92 Å². The Labute approximate surface area is 105 Å². The number of rotatable bonds is 5. The summed E-state index contributed by atoms with van der Waals surface area (Å²) < 4.78 is 0. The quantitative estimate of drug-likeness (QED) is 0.816. The molecule has 1 aliphatic carbocycles. The van der Waals surface area contributed by atoms with E-state index in [2.05, 4.69) is 37.3 Å². The van der Waals surface area contributed by atoms with Crippen molar-refractivity contribution < 1.29 is 0 Å². The predicted octanol–water partition coefficient (Wildman–Crippen LogP) is 3.92. The van der Waals surface area contributed by atoms with Crippen LogP contribution in [0.25, 0.3) is 0 Å². The van der Waals surface area contributed by atoms with E-state index in [1.807, 2.05) is 0 Å². The highest BCUT2D eigenvalue weighted by atomic mass is 14.7. The van der Waals surface area contributed by atoms with Gasteiger partial charge >= 0.3 is 0 Å². The molecular formula is C16H25N. The third-order valence-electron chi connectivity index (χ3n) is 4.27. The molecule has 1 aromatic carbocycles. The third-order valence-corrected chi connectivity index (χ3v) is 4.27. The maximum Gasteiger partial charge on any atom is 0.0195 e. The molecule has 1 heteroatoms. The highest BCUT2D eigenvalue weighted by molar-refractivity contribution is 5.17. The van der Waals surface area contributed by atoms with Gasteiger partial charge in [-0.05, 0) is 30.7 Å². The van der Waals surface area contributed by atoms with Crippen molar-refractivity contribution in [3.05, 3.63) is 35.9 Å². The summed E-state index contributed by atoms with van der Waals surface area (Å²) in [6.07, 6.45) is 8.94. The average Bonchev–Trinajstić information content (AvgIpc) is 2.83. The van der Waals surface area contributed by atoms with E-state index < -0.39 is 0 Å². The fraction of sp³-hybridized carbons (Fsp3) is 0.625. The normalized spacial score (nSPS) is 20.4. The van der Waals surface area contributed by atoms with Gasteiger partial charge in [-0.1, -0.05) is 62.9 Å². The number of benzene rings is 1. The summed E-state index contributed by atoms with van der Waals surface area (Å²) in [5.74, 6) is 0.878. The van der Waals surface area contributed by atoms with E-state index in [1.165, 1.54) is 37.7 Å². The number of nitrogens with two attached hydrogens (primary N) is 1. The maximum atomic E-state index is 6.61. The Kier molecular flexibility index (Phi) is 4.22. The van der Waals surface area contributed by atoms with Crippen molar-refractivity contribution in [2.45, 2.75) is 57.4 Å². The lowest BCUT2D eigenvalue weighted by molar-refractivity contribution is 0.306. The van der Waals surface area contributed by atoms with Crippen LogP contribution < -0.4 is 5.73 Å². The number of hydrogen-bond donors (Lipinski definition) is 1. The molecule has 1 aromatic rings. The highest BCUT2D eigenvalue weighted by Crippen LogP contribution is 2.33. The topological polar surface area (TPSA) is 26.0 Å². The Morgan fingerprint density at radius 2 is 1.82 bits per heavy atom. The summed E-state index contributed by atoms with van der Waals surface area (Å²) in [6, 6.07) is 10.7. The van der Waals surface area contributed by atoms with Crippen LogP contribution in [0.5, 0.6) is 0 Å². The Morgan fingerprint density at radius 3 is 2.41 bits per heavy atom. The molecule has 94 valence electrons. The molecule has 0 heterocycles. The first kappa shape index (κ1) is 12.6. The van der Waals surface area contributed by atoms with Crippen LogP contribution in [-0.2, 0) is 6.42 Å². The van der Waals surface area contributed by atoms with Gasteiger partial charge in [0.1, 0.15) is 0 Å². The molecular weight excluding hydrogens is 206 g/mol. The van der Waals surface area contributed by atoms with Gasteiger partial charge in [-0.25, -0.2) is 0 Å². The average molecular weight is 231 g/mol. The SMILES string of the molecule is CCC(N)(Cc1ccccc1)CC1CCCC1. The van der Waals surface area contributed by atoms with Crippen molar-refractivity contribution in [3.63, 3.8) is 0 Å². The van der Waals surface area contributed by atoms with Crippen LogP contribution in [0.1, 0.15) is 51.0 Å². The van der Waals surface area contributed by atoms with E-state index in [0.29, 0.717) is 0 Å². The second kappa shape index (κ2) is 5.68. The minimum absolute atomic E-state index is 0.0103. The highest BCUT2D eigenvalue weighted by Gasteiger charge is 2.28. The van der Waals surface area contributed by atoms with Gasteiger partial charge in [0.2, 0.25) is 0 Å². The zero-order valence-corrected chi connectivity index (χ0v) is 11.0.